The molecule has 2 aliphatic carbocycles. The maximum Gasteiger partial charge on any atom is 0.243 e. The molecule has 0 spiro atoms. The highest BCUT2D eigenvalue weighted by Gasteiger charge is 2.29. The zero-order valence-electron chi connectivity index (χ0n) is 24.1. The number of nitrogens with one attached hydrogen (secondary N) is 2. The molecule has 2 amide bonds. The Hall–Kier alpha value is -3.86. The van der Waals surface area contributed by atoms with Crippen molar-refractivity contribution in [3.8, 4) is 6.07 Å². The number of anilines is 2. The summed E-state index contributed by atoms with van der Waals surface area (Å²) in [6, 6.07) is 30.4. The summed E-state index contributed by atoms with van der Waals surface area (Å²) in [7, 11) is 0. The van der Waals surface area contributed by atoms with E-state index in [0.29, 0.717) is 16.5 Å². The Labute approximate surface area is 261 Å². The van der Waals surface area contributed by atoms with Crippen LogP contribution in [0.4, 0.5) is 10.7 Å². The summed E-state index contributed by atoms with van der Waals surface area (Å²) < 4.78 is 0. The molecule has 5 nitrogen and oxygen atoms in total. The molecule has 1 aromatic heterocycles. The summed E-state index contributed by atoms with van der Waals surface area (Å²) >= 11 is 2.99. The van der Waals surface area contributed by atoms with Crippen LogP contribution >= 0.6 is 23.1 Å². The van der Waals surface area contributed by atoms with Gasteiger partial charge in [0.05, 0.1) is 5.56 Å². The lowest BCUT2D eigenvalue weighted by Crippen LogP contribution is -2.24. The monoisotopic (exact) mass is 605 g/mol. The zero-order valence-corrected chi connectivity index (χ0v) is 25.7. The van der Waals surface area contributed by atoms with Gasteiger partial charge in [0.25, 0.3) is 0 Å². The van der Waals surface area contributed by atoms with Gasteiger partial charge in [-0.2, -0.15) is 5.26 Å². The summed E-state index contributed by atoms with van der Waals surface area (Å²) in [4.78, 5) is 28.9. The fourth-order valence-corrected chi connectivity index (χ4v) is 8.64. The first-order valence-corrected chi connectivity index (χ1v) is 16.8. The lowest BCUT2D eigenvalue weighted by atomic mass is 9.83. The van der Waals surface area contributed by atoms with Crippen LogP contribution in [0.5, 0.6) is 0 Å². The summed E-state index contributed by atoms with van der Waals surface area (Å²) in [6.45, 7) is 0. The predicted octanol–water partition coefficient (Wildman–Crippen LogP) is 8.88. The van der Waals surface area contributed by atoms with Gasteiger partial charge in [-0.1, -0.05) is 86.0 Å². The predicted molar refractivity (Wildman–Crippen MR) is 176 cm³/mol. The molecule has 2 N–H and O–H groups in total. The number of carbonyl (C=O) groups excluding carboxylic acids is 2. The molecule has 7 heteroatoms. The van der Waals surface area contributed by atoms with E-state index in [2.05, 4.69) is 41.0 Å². The Kier molecular flexibility index (Phi) is 9.26. The molecule has 0 saturated heterocycles. The second-order valence-corrected chi connectivity index (χ2v) is 13.7. The normalized spacial score (nSPS) is 17.3. The molecule has 0 bridgehead atoms. The third-order valence-electron chi connectivity index (χ3n) is 8.56. The van der Waals surface area contributed by atoms with Crippen LogP contribution in [0.2, 0.25) is 0 Å². The van der Waals surface area contributed by atoms with Gasteiger partial charge in [0, 0.05) is 21.4 Å². The molecule has 1 heterocycles. The first-order valence-electron chi connectivity index (χ1n) is 15.1. The topological polar surface area (TPSA) is 82.0 Å². The molecular weight excluding hydrogens is 571 g/mol. The largest absolute Gasteiger partial charge is 0.326 e. The van der Waals surface area contributed by atoms with Gasteiger partial charge < -0.3 is 10.6 Å². The van der Waals surface area contributed by atoms with Crippen LogP contribution in [0.25, 0.3) is 0 Å². The molecule has 1 saturated carbocycles. The van der Waals surface area contributed by atoms with Crippen LogP contribution in [0.15, 0.2) is 89.8 Å². The van der Waals surface area contributed by atoms with Crippen molar-refractivity contribution in [1.29, 1.82) is 5.26 Å². The highest BCUT2D eigenvalue weighted by molar-refractivity contribution is 8.00. The first-order chi connectivity index (χ1) is 21.1. The Balaban J connectivity index is 1.21. The van der Waals surface area contributed by atoms with Gasteiger partial charge in [-0.15, -0.1) is 23.1 Å². The number of thiophene rings is 1. The van der Waals surface area contributed by atoms with Crippen LogP contribution in [-0.2, 0) is 22.4 Å². The van der Waals surface area contributed by atoms with Crippen LogP contribution in [-0.4, -0.2) is 11.8 Å². The number of fused-ring (bicyclic) bond motifs is 1. The number of nitrogens with zero attached hydrogens (tertiary/aromatic N) is 1. The molecule has 1 fully saturated rings. The number of hydrogen-bond donors (Lipinski definition) is 2. The van der Waals surface area contributed by atoms with Crippen molar-refractivity contribution in [2.24, 2.45) is 5.92 Å². The molecule has 0 radical (unpaired) electrons. The van der Waals surface area contributed by atoms with E-state index in [1.165, 1.54) is 28.6 Å². The fraction of sp³-hybridized carbons (Fsp3) is 0.306. The van der Waals surface area contributed by atoms with Gasteiger partial charge in [-0.3, -0.25) is 9.59 Å². The smallest absolute Gasteiger partial charge is 0.243 e. The van der Waals surface area contributed by atoms with Gasteiger partial charge in [0.1, 0.15) is 16.3 Å². The standard InChI is InChI=1S/C36H35N3O2S2/c37-23-31-30-20-19-27(24-11-4-1-5-12-24)21-32(30)43-36(31)39-35(41)33(25-13-6-2-7-14-25)42-29-18-10-17-28(22-29)38-34(40)26-15-8-3-9-16-26/h1-2,4-7,10-14,17-18,22,26-27,33H,3,8-9,15-16,19-21H2,(H,38,40)(H,39,41). The number of hydrogen-bond acceptors (Lipinski definition) is 5. The summed E-state index contributed by atoms with van der Waals surface area (Å²) in [5.74, 6) is 0.407. The maximum absolute atomic E-state index is 13.9. The molecule has 2 unspecified atom stereocenters. The molecule has 43 heavy (non-hydrogen) atoms. The van der Waals surface area contributed by atoms with Crippen LogP contribution in [0.3, 0.4) is 0 Å². The van der Waals surface area contributed by atoms with Gasteiger partial charge in [0.15, 0.2) is 0 Å². The van der Waals surface area contributed by atoms with Crippen molar-refractivity contribution in [2.75, 3.05) is 10.6 Å². The van der Waals surface area contributed by atoms with E-state index < -0.39 is 5.25 Å². The van der Waals surface area contributed by atoms with Gasteiger partial charge in [-0.05, 0) is 72.9 Å². The third kappa shape index (κ3) is 6.87. The summed E-state index contributed by atoms with van der Waals surface area (Å²) in [5, 5.41) is 16.5. The van der Waals surface area contributed by atoms with E-state index in [-0.39, 0.29) is 17.7 Å². The number of benzene rings is 3. The molecule has 0 aliphatic heterocycles. The van der Waals surface area contributed by atoms with Crippen molar-refractivity contribution in [3.05, 3.63) is 112 Å². The number of nitriles is 1. The van der Waals surface area contributed by atoms with Crippen molar-refractivity contribution < 1.29 is 9.59 Å². The number of amides is 2. The minimum Gasteiger partial charge on any atom is -0.326 e. The van der Waals surface area contributed by atoms with Crippen molar-refractivity contribution in [2.45, 2.75) is 67.4 Å². The van der Waals surface area contributed by atoms with E-state index >= 15 is 0 Å². The Morgan fingerprint density at radius 1 is 0.884 bits per heavy atom. The number of thioether (sulfide) groups is 1. The lowest BCUT2D eigenvalue weighted by Gasteiger charge is -2.22. The number of rotatable bonds is 8. The van der Waals surface area contributed by atoms with Crippen molar-refractivity contribution >= 4 is 45.6 Å². The molecule has 3 aromatic carbocycles. The van der Waals surface area contributed by atoms with E-state index in [9.17, 15) is 14.9 Å². The zero-order chi connectivity index (χ0) is 29.6. The molecule has 218 valence electrons. The SMILES string of the molecule is N#Cc1c(NC(=O)C(Sc2cccc(NC(=O)C3CCCCC3)c2)c2ccccc2)sc2c1CCC(c1ccccc1)C2. The average Bonchev–Trinajstić information content (AvgIpc) is 3.41. The Morgan fingerprint density at radius 3 is 2.37 bits per heavy atom. The lowest BCUT2D eigenvalue weighted by molar-refractivity contribution is -0.120. The quantitative estimate of drug-likeness (QED) is 0.197. The third-order valence-corrected chi connectivity index (χ3v) is 11.0. The van der Waals surface area contributed by atoms with E-state index in [0.717, 1.165) is 66.7 Å². The first kappa shape index (κ1) is 29.2. The highest BCUT2D eigenvalue weighted by Crippen LogP contribution is 2.44. The summed E-state index contributed by atoms with van der Waals surface area (Å²) in [5.41, 5.74) is 4.64. The maximum atomic E-state index is 13.9. The van der Waals surface area contributed by atoms with Gasteiger partial charge >= 0.3 is 0 Å². The van der Waals surface area contributed by atoms with E-state index in [1.807, 2.05) is 60.7 Å². The minimum absolute atomic E-state index is 0.0711. The molecule has 4 aromatic rings. The van der Waals surface area contributed by atoms with Gasteiger partial charge in [0.2, 0.25) is 11.8 Å². The second kappa shape index (κ2) is 13.6. The fourth-order valence-electron chi connectivity index (χ4n) is 6.27. The molecular formula is C36H35N3O2S2. The van der Waals surface area contributed by atoms with Crippen molar-refractivity contribution in [1.82, 2.24) is 0 Å². The molecule has 2 aliphatic rings. The summed E-state index contributed by atoms with van der Waals surface area (Å²) in [6.07, 6.45) is 8.01. The Bertz CT molecular complexity index is 1620. The van der Waals surface area contributed by atoms with Crippen LogP contribution in [0, 0.1) is 17.2 Å². The van der Waals surface area contributed by atoms with E-state index in [4.69, 9.17) is 0 Å². The highest BCUT2D eigenvalue weighted by atomic mass is 32.2. The molecule has 6 rings (SSSR count). The van der Waals surface area contributed by atoms with E-state index in [1.54, 1.807) is 11.3 Å². The van der Waals surface area contributed by atoms with Gasteiger partial charge in [-0.25, -0.2) is 0 Å². The van der Waals surface area contributed by atoms with Crippen LogP contribution < -0.4 is 10.6 Å². The van der Waals surface area contributed by atoms with Crippen molar-refractivity contribution in [3.63, 3.8) is 0 Å². The second-order valence-electron chi connectivity index (χ2n) is 11.4. The minimum atomic E-state index is -0.534. The number of carbonyl (C=O) groups is 2. The molecule has 2 atom stereocenters. The average molecular weight is 606 g/mol. The van der Waals surface area contributed by atoms with Crippen LogP contribution in [0.1, 0.15) is 76.8 Å². The Morgan fingerprint density at radius 2 is 1.63 bits per heavy atom.